The van der Waals surface area contributed by atoms with Crippen LogP contribution in [0.2, 0.25) is 0 Å². The van der Waals surface area contributed by atoms with Crippen molar-refractivity contribution in [3.8, 4) is 5.75 Å². The van der Waals surface area contributed by atoms with Crippen molar-refractivity contribution in [3.63, 3.8) is 0 Å². The number of ether oxygens (including phenoxy) is 1. The maximum absolute atomic E-state index is 12.0. The van der Waals surface area contributed by atoms with Gasteiger partial charge in [-0.25, -0.2) is 0 Å². The molecule has 5 heteroatoms. The van der Waals surface area contributed by atoms with Gasteiger partial charge in [-0.15, -0.1) is 0 Å². The molecule has 5 nitrogen and oxygen atoms in total. The first kappa shape index (κ1) is 17.3. The molecule has 0 unspecified atom stereocenters. The molecule has 0 aromatic heterocycles. The number of amides is 2. The maximum atomic E-state index is 12.0. The molecule has 2 rings (SSSR count). The van der Waals surface area contributed by atoms with E-state index in [1.807, 2.05) is 19.2 Å². The lowest BCUT2D eigenvalue weighted by atomic mass is 10.0. The Kier molecular flexibility index (Phi) is 6.02. The summed E-state index contributed by atoms with van der Waals surface area (Å²) in [6, 6.07) is 6.02. The van der Waals surface area contributed by atoms with Crippen LogP contribution in [0.5, 0.6) is 5.75 Å². The van der Waals surface area contributed by atoms with Crippen LogP contribution in [0.1, 0.15) is 37.8 Å². The van der Waals surface area contributed by atoms with Gasteiger partial charge in [0.1, 0.15) is 12.4 Å². The van der Waals surface area contributed by atoms with E-state index in [1.54, 1.807) is 16.7 Å². The monoisotopic (exact) mass is 318 g/mol. The van der Waals surface area contributed by atoms with Crippen molar-refractivity contribution >= 4 is 11.8 Å². The first-order chi connectivity index (χ1) is 11.0. The molecule has 2 amide bonds. The van der Waals surface area contributed by atoms with Gasteiger partial charge in [-0.1, -0.05) is 19.1 Å². The van der Waals surface area contributed by atoms with Crippen LogP contribution in [0.15, 0.2) is 18.2 Å². The molecule has 1 aliphatic rings. The highest BCUT2D eigenvalue weighted by atomic mass is 16.5. The largest absolute Gasteiger partial charge is 0.491 e. The van der Waals surface area contributed by atoms with Gasteiger partial charge in [-0.2, -0.15) is 0 Å². The minimum absolute atomic E-state index is 0.0585. The summed E-state index contributed by atoms with van der Waals surface area (Å²) in [5, 5.41) is 0. The molecule has 0 fully saturated rings. The number of aryl methyl sites for hydroxylation is 1. The van der Waals surface area contributed by atoms with Gasteiger partial charge in [0.25, 0.3) is 0 Å². The molecule has 0 saturated heterocycles. The molecule has 1 aromatic carbocycles. The number of hydrogen-bond acceptors (Lipinski definition) is 3. The van der Waals surface area contributed by atoms with E-state index in [1.165, 1.54) is 0 Å². The van der Waals surface area contributed by atoms with Crippen LogP contribution in [0.25, 0.3) is 0 Å². The molecule has 0 radical (unpaired) electrons. The Morgan fingerprint density at radius 2 is 2.13 bits per heavy atom. The standard InChI is InChI=1S/C18H26N2O3/c1-4-9-19(3)18(22)8-6-15-5-7-17-16(12-15)13-20(14(2)21)10-11-23-17/h5,7,12H,4,6,8-11,13H2,1-3H3. The molecule has 0 spiro atoms. The molecule has 0 N–H and O–H groups in total. The molecule has 0 bridgehead atoms. The molecule has 1 heterocycles. The van der Waals surface area contributed by atoms with Gasteiger partial charge < -0.3 is 14.5 Å². The number of carbonyl (C=O) groups is 2. The van der Waals surface area contributed by atoms with Crippen molar-refractivity contribution in [3.05, 3.63) is 29.3 Å². The predicted octanol–water partition coefficient (Wildman–Crippen LogP) is 2.23. The smallest absolute Gasteiger partial charge is 0.222 e. The number of nitrogens with zero attached hydrogens (tertiary/aromatic N) is 2. The van der Waals surface area contributed by atoms with E-state index in [9.17, 15) is 9.59 Å². The first-order valence-electron chi connectivity index (χ1n) is 8.25. The Labute approximate surface area is 138 Å². The van der Waals surface area contributed by atoms with E-state index in [0.29, 0.717) is 32.5 Å². The lowest BCUT2D eigenvalue weighted by Gasteiger charge is -2.18. The number of rotatable bonds is 5. The second-order valence-electron chi connectivity index (χ2n) is 6.05. The van der Waals surface area contributed by atoms with Gasteiger partial charge in [-0.05, 0) is 24.5 Å². The van der Waals surface area contributed by atoms with Gasteiger partial charge in [0, 0.05) is 39.0 Å². The lowest BCUT2D eigenvalue weighted by Crippen LogP contribution is -2.30. The number of hydrogen-bond donors (Lipinski definition) is 0. The molecule has 0 saturated carbocycles. The van der Waals surface area contributed by atoms with Crippen molar-refractivity contribution in [2.24, 2.45) is 0 Å². The summed E-state index contributed by atoms with van der Waals surface area (Å²) < 4.78 is 5.71. The van der Waals surface area contributed by atoms with Crippen molar-refractivity contribution in [2.45, 2.75) is 39.7 Å². The minimum Gasteiger partial charge on any atom is -0.491 e. The Bertz CT molecular complexity index is 571. The zero-order valence-electron chi connectivity index (χ0n) is 14.3. The van der Waals surface area contributed by atoms with Crippen LogP contribution < -0.4 is 4.74 Å². The van der Waals surface area contributed by atoms with E-state index in [0.717, 1.165) is 29.8 Å². The fourth-order valence-corrected chi connectivity index (χ4v) is 2.77. The highest BCUT2D eigenvalue weighted by Gasteiger charge is 2.17. The van der Waals surface area contributed by atoms with Crippen LogP contribution in [0, 0.1) is 0 Å². The van der Waals surface area contributed by atoms with Crippen LogP contribution in [0.3, 0.4) is 0 Å². The summed E-state index contributed by atoms with van der Waals surface area (Å²) in [5.41, 5.74) is 2.13. The Balaban J connectivity index is 2.02. The molecule has 23 heavy (non-hydrogen) atoms. The van der Waals surface area contributed by atoms with Gasteiger partial charge in [-0.3, -0.25) is 9.59 Å². The summed E-state index contributed by atoms with van der Waals surface area (Å²) in [6.07, 6.45) is 2.19. The van der Waals surface area contributed by atoms with Crippen molar-refractivity contribution in [2.75, 3.05) is 26.7 Å². The van der Waals surface area contributed by atoms with Gasteiger partial charge >= 0.3 is 0 Å². The average molecular weight is 318 g/mol. The third-order valence-electron chi connectivity index (χ3n) is 4.16. The zero-order chi connectivity index (χ0) is 16.8. The predicted molar refractivity (Wildman–Crippen MR) is 89.3 cm³/mol. The molecule has 126 valence electrons. The van der Waals surface area contributed by atoms with Crippen LogP contribution in [-0.4, -0.2) is 48.4 Å². The topological polar surface area (TPSA) is 49.9 Å². The van der Waals surface area contributed by atoms with E-state index in [2.05, 4.69) is 13.0 Å². The van der Waals surface area contributed by atoms with Crippen molar-refractivity contribution < 1.29 is 14.3 Å². The molecule has 1 aromatic rings. The SMILES string of the molecule is CCCN(C)C(=O)CCc1ccc2c(c1)CN(C(C)=O)CCO2. The van der Waals surface area contributed by atoms with E-state index >= 15 is 0 Å². The van der Waals surface area contributed by atoms with Crippen LogP contribution in [-0.2, 0) is 22.6 Å². The third kappa shape index (κ3) is 4.71. The second-order valence-corrected chi connectivity index (χ2v) is 6.05. The van der Waals surface area contributed by atoms with E-state index in [4.69, 9.17) is 4.74 Å². The normalized spacial score (nSPS) is 13.8. The van der Waals surface area contributed by atoms with E-state index in [-0.39, 0.29) is 11.8 Å². The molecular formula is C18H26N2O3. The molecular weight excluding hydrogens is 292 g/mol. The second kappa shape index (κ2) is 7.99. The fraction of sp³-hybridized carbons (Fsp3) is 0.556. The zero-order valence-corrected chi connectivity index (χ0v) is 14.3. The average Bonchev–Trinajstić information content (AvgIpc) is 2.74. The van der Waals surface area contributed by atoms with E-state index < -0.39 is 0 Å². The number of carbonyl (C=O) groups excluding carboxylic acids is 2. The summed E-state index contributed by atoms with van der Waals surface area (Å²) >= 11 is 0. The quantitative estimate of drug-likeness (QED) is 0.836. The molecule has 0 aliphatic carbocycles. The highest BCUT2D eigenvalue weighted by Crippen LogP contribution is 2.25. The summed E-state index contributed by atoms with van der Waals surface area (Å²) in [6.45, 7) is 6.15. The van der Waals surface area contributed by atoms with Gasteiger partial charge in [0.05, 0.1) is 6.54 Å². The lowest BCUT2D eigenvalue weighted by molar-refractivity contribution is -0.130. The molecule has 0 atom stereocenters. The van der Waals surface area contributed by atoms with Crippen LogP contribution >= 0.6 is 0 Å². The van der Waals surface area contributed by atoms with Crippen molar-refractivity contribution in [1.82, 2.24) is 9.80 Å². The summed E-state index contributed by atoms with van der Waals surface area (Å²) in [7, 11) is 1.85. The fourth-order valence-electron chi connectivity index (χ4n) is 2.77. The summed E-state index contributed by atoms with van der Waals surface area (Å²) in [4.78, 5) is 27.2. The van der Waals surface area contributed by atoms with Gasteiger partial charge in [0.15, 0.2) is 0 Å². The van der Waals surface area contributed by atoms with Gasteiger partial charge in [0.2, 0.25) is 11.8 Å². The first-order valence-corrected chi connectivity index (χ1v) is 8.25. The third-order valence-corrected chi connectivity index (χ3v) is 4.16. The minimum atomic E-state index is 0.0585. The van der Waals surface area contributed by atoms with Crippen LogP contribution in [0.4, 0.5) is 0 Å². The number of fused-ring (bicyclic) bond motifs is 1. The Morgan fingerprint density at radius 1 is 1.35 bits per heavy atom. The molecule has 1 aliphatic heterocycles. The Morgan fingerprint density at radius 3 is 2.83 bits per heavy atom. The summed E-state index contributed by atoms with van der Waals surface area (Å²) in [5.74, 6) is 1.07. The van der Waals surface area contributed by atoms with Crippen molar-refractivity contribution in [1.29, 1.82) is 0 Å². The maximum Gasteiger partial charge on any atom is 0.222 e. The highest BCUT2D eigenvalue weighted by molar-refractivity contribution is 5.76. The number of benzene rings is 1. The Hall–Kier alpha value is -2.04.